The number of hydrogen-bond donors (Lipinski definition) is 0. The van der Waals surface area contributed by atoms with E-state index in [4.69, 9.17) is 4.74 Å². The summed E-state index contributed by atoms with van der Waals surface area (Å²) in [5, 5.41) is 0. The van der Waals surface area contributed by atoms with Gasteiger partial charge in [-0.2, -0.15) is 0 Å². The Morgan fingerprint density at radius 3 is 2.55 bits per heavy atom. The number of morpholine rings is 1. The predicted octanol–water partition coefficient (Wildman–Crippen LogP) is 1.32. The minimum atomic E-state index is 0. The fourth-order valence-electron chi connectivity index (χ4n) is 1.04. The maximum atomic E-state index is 5.21. The fraction of sp³-hybridized carbons (Fsp3) is 0.750. The highest BCUT2D eigenvalue weighted by Crippen LogP contribution is 1.95. The first-order valence-electron chi connectivity index (χ1n) is 3.84. The number of hydrogen-bond acceptors (Lipinski definition) is 2. The maximum absolute atomic E-state index is 5.21. The lowest BCUT2D eigenvalue weighted by Gasteiger charge is -2.24. The standard InChI is InChI=1S/C8H15NO.ClH/c1-2-3-4-9-5-7-10-8-6-9;/h2-3H,4-8H2,1H3;1H. The second kappa shape index (κ2) is 6.65. The van der Waals surface area contributed by atoms with Crippen molar-refractivity contribution in [3.8, 4) is 0 Å². The van der Waals surface area contributed by atoms with Crippen molar-refractivity contribution >= 4 is 12.4 Å². The third-order valence-corrected chi connectivity index (χ3v) is 1.70. The average Bonchev–Trinajstić information content (AvgIpc) is 2.03. The number of halogens is 1. The monoisotopic (exact) mass is 177 g/mol. The van der Waals surface area contributed by atoms with E-state index in [2.05, 4.69) is 24.0 Å². The van der Waals surface area contributed by atoms with E-state index in [-0.39, 0.29) is 12.4 Å². The molecule has 0 saturated carbocycles. The molecule has 2 nitrogen and oxygen atoms in total. The van der Waals surface area contributed by atoms with Gasteiger partial charge in [0, 0.05) is 19.6 Å². The van der Waals surface area contributed by atoms with Crippen LogP contribution in [-0.2, 0) is 4.74 Å². The van der Waals surface area contributed by atoms with Gasteiger partial charge in [0.2, 0.25) is 0 Å². The lowest BCUT2D eigenvalue weighted by atomic mass is 10.4. The number of allylic oxidation sites excluding steroid dienone is 1. The molecule has 0 aromatic heterocycles. The van der Waals surface area contributed by atoms with E-state index >= 15 is 0 Å². The molecule has 0 spiro atoms. The van der Waals surface area contributed by atoms with Crippen molar-refractivity contribution in [2.24, 2.45) is 0 Å². The first-order chi connectivity index (χ1) is 4.93. The Morgan fingerprint density at radius 2 is 2.00 bits per heavy atom. The van der Waals surface area contributed by atoms with Gasteiger partial charge in [-0.05, 0) is 6.92 Å². The second-order valence-corrected chi connectivity index (χ2v) is 2.48. The van der Waals surface area contributed by atoms with Crippen LogP contribution in [-0.4, -0.2) is 37.7 Å². The SMILES string of the molecule is CC=CCN1CCOCC1.Cl. The van der Waals surface area contributed by atoms with Crippen molar-refractivity contribution in [3.63, 3.8) is 0 Å². The van der Waals surface area contributed by atoms with Crippen molar-refractivity contribution < 1.29 is 4.74 Å². The average molecular weight is 178 g/mol. The molecule has 0 aromatic carbocycles. The highest BCUT2D eigenvalue weighted by Gasteiger charge is 2.06. The highest BCUT2D eigenvalue weighted by molar-refractivity contribution is 5.85. The molecule has 11 heavy (non-hydrogen) atoms. The van der Waals surface area contributed by atoms with Gasteiger partial charge < -0.3 is 4.74 Å². The first kappa shape index (κ1) is 11.0. The third-order valence-electron chi connectivity index (χ3n) is 1.70. The molecule has 1 rings (SSSR count). The van der Waals surface area contributed by atoms with E-state index in [0.717, 1.165) is 32.8 Å². The van der Waals surface area contributed by atoms with Gasteiger partial charge in [0.1, 0.15) is 0 Å². The Balaban J connectivity index is 0.000001000. The van der Waals surface area contributed by atoms with Gasteiger partial charge in [-0.15, -0.1) is 12.4 Å². The number of rotatable bonds is 2. The van der Waals surface area contributed by atoms with E-state index < -0.39 is 0 Å². The molecule has 1 aliphatic rings. The van der Waals surface area contributed by atoms with Crippen molar-refractivity contribution in [1.29, 1.82) is 0 Å². The van der Waals surface area contributed by atoms with Crippen LogP contribution < -0.4 is 0 Å². The molecule has 0 N–H and O–H groups in total. The molecule has 0 aromatic rings. The minimum Gasteiger partial charge on any atom is -0.379 e. The zero-order chi connectivity index (χ0) is 7.23. The smallest absolute Gasteiger partial charge is 0.0594 e. The lowest BCUT2D eigenvalue weighted by molar-refractivity contribution is 0.0434. The van der Waals surface area contributed by atoms with Gasteiger partial charge >= 0.3 is 0 Å². The Kier molecular flexibility index (Phi) is 6.62. The van der Waals surface area contributed by atoms with Crippen molar-refractivity contribution in [2.45, 2.75) is 6.92 Å². The van der Waals surface area contributed by atoms with Crippen LogP contribution in [0.4, 0.5) is 0 Å². The molecule has 0 unspecified atom stereocenters. The normalized spacial score (nSPS) is 20.1. The lowest BCUT2D eigenvalue weighted by Crippen LogP contribution is -2.36. The van der Waals surface area contributed by atoms with Crippen LogP contribution in [0.1, 0.15) is 6.92 Å². The second-order valence-electron chi connectivity index (χ2n) is 2.48. The summed E-state index contributed by atoms with van der Waals surface area (Å²) in [4.78, 5) is 2.39. The van der Waals surface area contributed by atoms with Gasteiger partial charge in [-0.25, -0.2) is 0 Å². The fourth-order valence-corrected chi connectivity index (χ4v) is 1.04. The maximum Gasteiger partial charge on any atom is 0.0594 e. The predicted molar refractivity (Wildman–Crippen MR) is 49.3 cm³/mol. The Labute approximate surface area is 74.6 Å². The van der Waals surface area contributed by atoms with Crippen LogP contribution in [0, 0.1) is 0 Å². The van der Waals surface area contributed by atoms with Crippen LogP contribution in [0.25, 0.3) is 0 Å². The molecule has 1 aliphatic heterocycles. The summed E-state index contributed by atoms with van der Waals surface area (Å²) < 4.78 is 5.21. The summed E-state index contributed by atoms with van der Waals surface area (Å²) in [5.74, 6) is 0. The van der Waals surface area contributed by atoms with E-state index in [0.29, 0.717) is 0 Å². The molecule has 3 heteroatoms. The Bertz CT molecular complexity index is 111. The molecule has 0 amide bonds. The van der Waals surface area contributed by atoms with Crippen molar-refractivity contribution in [3.05, 3.63) is 12.2 Å². The molecule has 0 radical (unpaired) electrons. The first-order valence-corrected chi connectivity index (χ1v) is 3.84. The molecule has 0 aliphatic carbocycles. The van der Waals surface area contributed by atoms with Gasteiger partial charge in [-0.1, -0.05) is 12.2 Å². The molecule has 0 atom stereocenters. The molecule has 1 saturated heterocycles. The molecular weight excluding hydrogens is 162 g/mol. The molecule has 66 valence electrons. The van der Waals surface area contributed by atoms with Gasteiger partial charge in [-0.3, -0.25) is 4.90 Å². The van der Waals surface area contributed by atoms with E-state index in [1.807, 2.05) is 0 Å². The van der Waals surface area contributed by atoms with Crippen molar-refractivity contribution in [1.82, 2.24) is 4.90 Å². The number of nitrogens with zero attached hydrogens (tertiary/aromatic N) is 1. The summed E-state index contributed by atoms with van der Waals surface area (Å²) in [6, 6.07) is 0. The quantitative estimate of drug-likeness (QED) is 0.590. The van der Waals surface area contributed by atoms with Gasteiger partial charge in [0.25, 0.3) is 0 Å². The zero-order valence-electron chi connectivity index (χ0n) is 6.95. The largest absolute Gasteiger partial charge is 0.379 e. The minimum absolute atomic E-state index is 0. The molecule has 0 bridgehead atoms. The van der Waals surface area contributed by atoms with E-state index in [9.17, 15) is 0 Å². The van der Waals surface area contributed by atoms with Crippen LogP contribution in [0.15, 0.2) is 12.2 Å². The van der Waals surface area contributed by atoms with Gasteiger partial charge in [0.15, 0.2) is 0 Å². The summed E-state index contributed by atoms with van der Waals surface area (Å²) in [5.41, 5.74) is 0. The summed E-state index contributed by atoms with van der Waals surface area (Å²) in [7, 11) is 0. The van der Waals surface area contributed by atoms with Crippen LogP contribution in [0.3, 0.4) is 0 Å². The summed E-state index contributed by atoms with van der Waals surface area (Å²) >= 11 is 0. The van der Waals surface area contributed by atoms with Gasteiger partial charge in [0.05, 0.1) is 13.2 Å². The molecule has 1 fully saturated rings. The van der Waals surface area contributed by atoms with E-state index in [1.165, 1.54) is 0 Å². The zero-order valence-corrected chi connectivity index (χ0v) is 7.77. The van der Waals surface area contributed by atoms with Crippen LogP contribution >= 0.6 is 12.4 Å². The third kappa shape index (κ3) is 4.40. The molecule has 1 heterocycles. The summed E-state index contributed by atoms with van der Waals surface area (Å²) in [6.07, 6.45) is 4.28. The Hall–Kier alpha value is -0.0500. The van der Waals surface area contributed by atoms with Crippen LogP contribution in [0.2, 0.25) is 0 Å². The molecular formula is C8H16ClNO. The Morgan fingerprint density at radius 1 is 1.36 bits per heavy atom. The van der Waals surface area contributed by atoms with E-state index in [1.54, 1.807) is 0 Å². The topological polar surface area (TPSA) is 12.5 Å². The van der Waals surface area contributed by atoms with Crippen molar-refractivity contribution in [2.75, 3.05) is 32.8 Å². The highest BCUT2D eigenvalue weighted by atomic mass is 35.5. The number of ether oxygens (including phenoxy) is 1. The summed E-state index contributed by atoms with van der Waals surface area (Å²) in [6.45, 7) is 7.12. The van der Waals surface area contributed by atoms with Crippen LogP contribution in [0.5, 0.6) is 0 Å².